The number of hydrogen-bond acceptors (Lipinski definition) is 4. The number of benzene rings is 2. The second-order valence-corrected chi connectivity index (χ2v) is 5.45. The van der Waals surface area contributed by atoms with Crippen LogP contribution >= 0.6 is 11.6 Å². The quantitative estimate of drug-likeness (QED) is 0.711. The lowest BCUT2D eigenvalue weighted by Crippen LogP contribution is -2.11. The molecule has 0 radical (unpaired) electrons. The fourth-order valence-electron chi connectivity index (χ4n) is 2.32. The molecule has 6 nitrogen and oxygen atoms in total. The average molecular weight is 355 g/mol. The van der Waals surface area contributed by atoms with Crippen LogP contribution in [0.2, 0.25) is 5.02 Å². The van der Waals surface area contributed by atoms with Crippen molar-refractivity contribution in [3.05, 3.63) is 71.8 Å². The van der Waals surface area contributed by atoms with Gasteiger partial charge in [-0.15, -0.1) is 0 Å². The summed E-state index contributed by atoms with van der Waals surface area (Å²) in [5.74, 6) is 0.396. The summed E-state index contributed by atoms with van der Waals surface area (Å²) in [7, 11) is 1.59. The summed E-state index contributed by atoms with van der Waals surface area (Å²) in [4.78, 5) is 16.2. The first-order chi connectivity index (χ1) is 12.2. The number of aromatic nitrogens is 3. The first-order valence-electron chi connectivity index (χ1n) is 7.44. The minimum Gasteiger partial charge on any atom is -0.496 e. The summed E-state index contributed by atoms with van der Waals surface area (Å²) in [5.41, 5.74) is 1.90. The predicted octanol–water partition coefficient (Wildman–Crippen LogP) is 3.58. The number of carbonyl (C=O) groups excluding carboxylic acids is 1. The molecular formula is C18H15ClN4O2. The highest BCUT2D eigenvalue weighted by Gasteiger charge is 2.11. The number of ether oxygens (including phenoxy) is 1. The third kappa shape index (κ3) is 3.87. The van der Waals surface area contributed by atoms with Gasteiger partial charge in [0.1, 0.15) is 24.1 Å². The summed E-state index contributed by atoms with van der Waals surface area (Å²) in [6.45, 7) is 0. The maximum atomic E-state index is 12.3. The van der Waals surface area contributed by atoms with Gasteiger partial charge in [0.25, 0.3) is 0 Å². The van der Waals surface area contributed by atoms with Crippen LogP contribution in [0.5, 0.6) is 5.75 Å². The molecule has 3 aromatic rings. The van der Waals surface area contributed by atoms with Crippen molar-refractivity contribution in [1.29, 1.82) is 0 Å². The second-order valence-electron chi connectivity index (χ2n) is 5.04. The Morgan fingerprint density at radius 1 is 1.24 bits per heavy atom. The number of rotatable bonds is 5. The Morgan fingerprint density at radius 3 is 2.84 bits per heavy atom. The van der Waals surface area contributed by atoms with Gasteiger partial charge in [-0.2, -0.15) is 5.10 Å². The molecule has 0 aliphatic carbocycles. The molecule has 0 saturated heterocycles. The van der Waals surface area contributed by atoms with E-state index in [1.54, 1.807) is 31.4 Å². The van der Waals surface area contributed by atoms with Crippen LogP contribution in [-0.4, -0.2) is 27.8 Å². The van der Waals surface area contributed by atoms with Crippen LogP contribution in [0.4, 0.5) is 5.69 Å². The molecule has 0 aliphatic heterocycles. The maximum Gasteiger partial charge on any atom is 0.248 e. The number of halogens is 1. The van der Waals surface area contributed by atoms with E-state index in [-0.39, 0.29) is 5.91 Å². The Morgan fingerprint density at radius 2 is 2.08 bits per heavy atom. The number of carbonyl (C=O) groups is 1. The van der Waals surface area contributed by atoms with E-state index < -0.39 is 0 Å². The lowest BCUT2D eigenvalue weighted by atomic mass is 10.2. The van der Waals surface area contributed by atoms with E-state index in [2.05, 4.69) is 15.4 Å². The zero-order chi connectivity index (χ0) is 17.6. The van der Waals surface area contributed by atoms with Gasteiger partial charge in [0.2, 0.25) is 5.91 Å². The molecule has 25 heavy (non-hydrogen) atoms. The Kier molecular flexibility index (Phi) is 5.11. The van der Waals surface area contributed by atoms with Crippen molar-refractivity contribution >= 4 is 29.3 Å². The van der Waals surface area contributed by atoms with Crippen molar-refractivity contribution in [2.75, 3.05) is 12.4 Å². The van der Waals surface area contributed by atoms with Crippen LogP contribution in [0.1, 0.15) is 5.56 Å². The minimum absolute atomic E-state index is 0.297. The standard InChI is InChI=1S/C18H15ClN4O2/c1-25-16-8-3-2-5-13(16)9-10-17(24)22-15-7-4-6-14(19)18(15)23-12-20-11-21-23/h2-12H,1H3,(H,22,24)/b10-9+. The van der Waals surface area contributed by atoms with Crippen molar-refractivity contribution < 1.29 is 9.53 Å². The van der Waals surface area contributed by atoms with Crippen LogP contribution in [-0.2, 0) is 4.79 Å². The fraction of sp³-hybridized carbons (Fsp3) is 0.0556. The Hall–Kier alpha value is -3.12. The molecule has 0 unspecified atom stereocenters. The van der Waals surface area contributed by atoms with Gasteiger partial charge in [0.15, 0.2) is 0 Å². The Balaban J connectivity index is 1.82. The summed E-state index contributed by atoms with van der Waals surface area (Å²) in [6.07, 6.45) is 6.04. The van der Waals surface area contributed by atoms with Crippen molar-refractivity contribution in [3.63, 3.8) is 0 Å². The molecule has 0 bridgehead atoms. The zero-order valence-electron chi connectivity index (χ0n) is 13.4. The highest BCUT2D eigenvalue weighted by atomic mass is 35.5. The molecule has 0 fully saturated rings. The molecule has 0 saturated carbocycles. The lowest BCUT2D eigenvalue weighted by molar-refractivity contribution is -0.111. The third-order valence-corrected chi connectivity index (χ3v) is 3.75. The minimum atomic E-state index is -0.297. The van der Waals surface area contributed by atoms with Crippen LogP contribution < -0.4 is 10.1 Å². The summed E-state index contributed by atoms with van der Waals surface area (Å²) < 4.78 is 6.76. The number of nitrogens with one attached hydrogen (secondary N) is 1. The Labute approximate surface area is 149 Å². The van der Waals surface area contributed by atoms with E-state index in [1.165, 1.54) is 23.4 Å². The lowest BCUT2D eigenvalue weighted by Gasteiger charge is -2.11. The molecule has 0 atom stereocenters. The van der Waals surface area contributed by atoms with Crippen molar-refractivity contribution in [1.82, 2.24) is 14.8 Å². The summed E-state index contributed by atoms with van der Waals surface area (Å²) in [6, 6.07) is 12.7. The van der Waals surface area contributed by atoms with Gasteiger partial charge < -0.3 is 10.1 Å². The predicted molar refractivity (Wildman–Crippen MR) is 97.0 cm³/mol. The largest absolute Gasteiger partial charge is 0.496 e. The maximum absolute atomic E-state index is 12.3. The highest BCUT2D eigenvalue weighted by Crippen LogP contribution is 2.27. The van der Waals surface area contributed by atoms with Gasteiger partial charge in [-0.3, -0.25) is 4.79 Å². The van der Waals surface area contributed by atoms with Gasteiger partial charge in [0.05, 0.1) is 17.8 Å². The highest BCUT2D eigenvalue weighted by molar-refractivity contribution is 6.33. The number of anilines is 1. The van der Waals surface area contributed by atoms with E-state index in [0.717, 1.165) is 5.56 Å². The third-order valence-electron chi connectivity index (χ3n) is 3.45. The molecule has 126 valence electrons. The van der Waals surface area contributed by atoms with Crippen LogP contribution in [0, 0.1) is 0 Å². The fourth-order valence-corrected chi connectivity index (χ4v) is 2.58. The smallest absolute Gasteiger partial charge is 0.248 e. The molecular weight excluding hydrogens is 340 g/mol. The van der Waals surface area contributed by atoms with Crippen molar-refractivity contribution in [3.8, 4) is 11.4 Å². The van der Waals surface area contributed by atoms with Gasteiger partial charge in [-0.1, -0.05) is 35.9 Å². The van der Waals surface area contributed by atoms with Gasteiger partial charge in [-0.05, 0) is 24.3 Å². The monoisotopic (exact) mass is 354 g/mol. The summed E-state index contributed by atoms with van der Waals surface area (Å²) in [5, 5.41) is 7.33. The average Bonchev–Trinajstić information content (AvgIpc) is 3.14. The number of methoxy groups -OCH3 is 1. The van der Waals surface area contributed by atoms with E-state index in [4.69, 9.17) is 16.3 Å². The second kappa shape index (κ2) is 7.63. The molecule has 1 amide bonds. The van der Waals surface area contributed by atoms with Gasteiger partial charge >= 0.3 is 0 Å². The molecule has 1 heterocycles. The van der Waals surface area contributed by atoms with Crippen LogP contribution in [0.3, 0.4) is 0 Å². The molecule has 1 N–H and O–H groups in total. The van der Waals surface area contributed by atoms with E-state index >= 15 is 0 Å². The van der Waals surface area contributed by atoms with E-state index in [9.17, 15) is 4.79 Å². The molecule has 1 aromatic heterocycles. The van der Waals surface area contributed by atoms with Crippen molar-refractivity contribution in [2.24, 2.45) is 0 Å². The first-order valence-corrected chi connectivity index (χ1v) is 7.82. The Bertz CT molecular complexity index is 907. The number of hydrogen-bond donors (Lipinski definition) is 1. The SMILES string of the molecule is COc1ccccc1/C=C/C(=O)Nc1cccc(Cl)c1-n1cncn1. The topological polar surface area (TPSA) is 69.0 Å². The number of amides is 1. The van der Waals surface area contributed by atoms with E-state index in [1.807, 2.05) is 24.3 Å². The van der Waals surface area contributed by atoms with Crippen LogP contribution in [0.25, 0.3) is 11.8 Å². The molecule has 3 rings (SSSR count). The van der Waals surface area contributed by atoms with Gasteiger partial charge in [0, 0.05) is 11.6 Å². The summed E-state index contributed by atoms with van der Waals surface area (Å²) >= 11 is 6.24. The van der Waals surface area contributed by atoms with E-state index in [0.29, 0.717) is 22.1 Å². The number of para-hydroxylation sites is 2. The molecule has 0 aliphatic rings. The zero-order valence-corrected chi connectivity index (χ0v) is 14.1. The molecule has 7 heteroatoms. The van der Waals surface area contributed by atoms with Crippen LogP contribution in [0.15, 0.2) is 61.2 Å². The van der Waals surface area contributed by atoms with Gasteiger partial charge in [-0.25, -0.2) is 9.67 Å². The normalized spacial score (nSPS) is 10.8. The van der Waals surface area contributed by atoms with Crippen molar-refractivity contribution in [2.45, 2.75) is 0 Å². The molecule has 2 aromatic carbocycles. The first kappa shape index (κ1) is 16.7. The number of nitrogens with zero attached hydrogens (tertiary/aromatic N) is 3. The molecule has 0 spiro atoms.